The van der Waals surface area contributed by atoms with Crippen LogP contribution in [0, 0.1) is 0 Å². The van der Waals surface area contributed by atoms with Gasteiger partial charge in [0, 0.05) is 0 Å². The third-order valence-corrected chi connectivity index (χ3v) is 6.16. The molecule has 0 fully saturated rings. The summed E-state index contributed by atoms with van der Waals surface area (Å²) in [5, 5.41) is 146. The van der Waals surface area contributed by atoms with E-state index in [0.29, 0.717) is 0 Å². The summed E-state index contributed by atoms with van der Waals surface area (Å²) in [6, 6.07) is 7.92. The van der Waals surface area contributed by atoms with Gasteiger partial charge in [-0.25, -0.2) is 0 Å². The van der Waals surface area contributed by atoms with Crippen LogP contribution in [-0.4, -0.2) is 176 Å². The number of aromatic hydroxyl groups is 12. The van der Waals surface area contributed by atoms with Crippen LogP contribution in [0.5, 0.6) is 69.0 Å². The van der Waals surface area contributed by atoms with E-state index in [1.807, 2.05) is 0 Å². The molecule has 0 saturated carbocycles. The van der Waals surface area contributed by atoms with Crippen LogP contribution in [0.2, 0.25) is 0 Å². The van der Waals surface area contributed by atoms with E-state index < -0.39 is 89.2 Å². The van der Waals surface area contributed by atoms with Crippen molar-refractivity contribution < 1.29 is 81.7 Å². The minimum absolute atomic E-state index is 0. The Bertz CT molecular complexity index is 1530. The largest absolute Gasteiger partial charge is 2.00 e. The molecule has 0 aromatic heterocycles. The molecule has 0 amide bonds. The van der Waals surface area contributed by atoms with Gasteiger partial charge < -0.3 is 81.7 Å². The maximum Gasteiger partial charge on any atom is 2.00 e. The van der Waals surface area contributed by atoms with Gasteiger partial charge >= 0.3 is 94.4 Å². The number of benzene rings is 4. The molecule has 0 spiro atoms. The monoisotopic (exact) mass is 966 g/mol. The van der Waals surface area contributed by atoms with E-state index in [-0.39, 0.29) is 117 Å². The molecule has 0 atom stereocenters. The Morgan fingerprint density at radius 3 is 0.500 bits per heavy atom. The Hall–Kier alpha value is -2.91. The minimum Gasteiger partial charge on any atom is -0.864 e. The normalized spacial score (nSPS) is 9.28. The molecule has 256 valence electrons. The molecular weight excluding hydrogens is 946 g/mol. The van der Waals surface area contributed by atoms with Gasteiger partial charge in [0.1, 0.15) is 0 Å². The Morgan fingerprint density at radius 2 is 0.420 bits per heavy atom. The summed E-state index contributed by atoms with van der Waals surface area (Å²) in [6.45, 7) is 0. The van der Waals surface area contributed by atoms with Crippen LogP contribution in [0.3, 0.4) is 0 Å². The quantitative estimate of drug-likeness (QED) is 0.0635. The zero-order chi connectivity index (χ0) is 37.2. The first-order valence-corrected chi connectivity index (χ1v) is 13.6. The SMILES string of the molecule is [Ba+2].[O-]C(=S)c1cc(O)c(O)c(O)c1.[O-]C(=S)c1cc(O)c(O)c(O)c1.[O-]C(=S)c1cc(O)c(O)c(O)c1.[O-]C(=S)c1cc(O)c(O)c(O)c1.[Sr+2]. The molecule has 16 nitrogen and oxygen atoms in total. The third-order valence-electron chi connectivity index (χ3n) is 5.22. The Balaban J connectivity index is 0. The molecule has 0 aliphatic heterocycles. The summed E-state index contributed by atoms with van der Waals surface area (Å²) in [4.78, 5) is 0. The summed E-state index contributed by atoms with van der Waals surface area (Å²) >= 11 is 17.1. The molecule has 4 rings (SSSR count). The molecular formula is C28H20BaO16S4Sr. The summed E-state index contributed by atoms with van der Waals surface area (Å²) < 4.78 is 0. The number of rotatable bonds is 4. The average molecular weight is 966 g/mol. The second-order valence-corrected chi connectivity index (χ2v) is 10.1. The predicted molar refractivity (Wildman–Crippen MR) is 184 cm³/mol. The van der Waals surface area contributed by atoms with Crippen LogP contribution in [0.15, 0.2) is 48.5 Å². The second-order valence-electron chi connectivity index (χ2n) is 8.60. The van der Waals surface area contributed by atoms with E-state index in [0.717, 1.165) is 48.5 Å². The van der Waals surface area contributed by atoms with E-state index in [4.69, 9.17) is 61.3 Å². The van der Waals surface area contributed by atoms with Gasteiger partial charge in [-0.3, -0.25) is 0 Å². The zero-order valence-corrected chi connectivity index (χ0v) is 35.8. The molecule has 0 radical (unpaired) electrons. The first-order chi connectivity index (χ1) is 22.1. The summed E-state index contributed by atoms with van der Waals surface area (Å²) in [5.74, 6) is -7.16. The molecule has 0 unspecified atom stereocenters. The van der Waals surface area contributed by atoms with Gasteiger partial charge in [-0.15, -0.1) is 0 Å². The van der Waals surface area contributed by atoms with Crippen molar-refractivity contribution >= 4 is 163 Å². The van der Waals surface area contributed by atoms with E-state index in [1.165, 1.54) is 0 Å². The first kappa shape index (κ1) is 49.2. The van der Waals surface area contributed by atoms with Gasteiger partial charge in [0.2, 0.25) is 0 Å². The van der Waals surface area contributed by atoms with Crippen molar-refractivity contribution in [3.05, 3.63) is 70.8 Å². The van der Waals surface area contributed by atoms with Crippen molar-refractivity contribution in [3.63, 3.8) is 0 Å². The van der Waals surface area contributed by atoms with Crippen molar-refractivity contribution in [2.24, 2.45) is 0 Å². The van der Waals surface area contributed by atoms with Crippen molar-refractivity contribution in [2.45, 2.75) is 0 Å². The Morgan fingerprint density at radius 1 is 0.320 bits per heavy atom. The maximum absolute atomic E-state index is 10.6. The molecule has 50 heavy (non-hydrogen) atoms. The molecule has 0 heterocycles. The van der Waals surface area contributed by atoms with Crippen LogP contribution < -0.4 is 20.4 Å². The van der Waals surface area contributed by atoms with Crippen molar-refractivity contribution in [1.82, 2.24) is 0 Å². The molecule has 4 aromatic rings. The van der Waals surface area contributed by atoms with E-state index >= 15 is 0 Å². The topological polar surface area (TPSA) is 335 Å². The summed E-state index contributed by atoms with van der Waals surface area (Å²) in [5.41, 5.74) is -0.119. The molecule has 12 N–H and O–H groups in total. The van der Waals surface area contributed by atoms with E-state index in [2.05, 4.69) is 48.9 Å². The fourth-order valence-corrected chi connectivity index (χ4v) is 3.36. The molecule has 0 bridgehead atoms. The van der Waals surface area contributed by atoms with E-state index in [1.54, 1.807) is 0 Å². The minimum atomic E-state index is -0.708. The average Bonchev–Trinajstić information content (AvgIpc) is 2.99. The van der Waals surface area contributed by atoms with Crippen LogP contribution in [0.4, 0.5) is 0 Å². The van der Waals surface area contributed by atoms with Crippen LogP contribution in [0.1, 0.15) is 22.3 Å². The van der Waals surface area contributed by atoms with Crippen molar-refractivity contribution in [1.29, 1.82) is 0 Å². The third kappa shape index (κ3) is 14.8. The smallest absolute Gasteiger partial charge is 0.864 e. The fraction of sp³-hybridized carbons (Fsp3) is 0. The molecule has 0 aliphatic carbocycles. The van der Waals surface area contributed by atoms with Crippen LogP contribution in [-0.2, 0) is 0 Å². The predicted octanol–water partition coefficient (Wildman–Crippen LogP) is -1.40. The molecule has 0 aliphatic rings. The number of hydrogen-bond acceptors (Lipinski definition) is 20. The summed E-state index contributed by atoms with van der Waals surface area (Å²) in [7, 11) is 0. The summed E-state index contributed by atoms with van der Waals surface area (Å²) in [6.07, 6.45) is 0. The van der Waals surface area contributed by atoms with Crippen molar-refractivity contribution in [3.8, 4) is 69.0 Å². The second kappa shape index (κ2) is 22.1. The van der Waals surface area contributed by atoms with Gasteiger partial charge in [0.15, 0.2) is 69.0 Å². The fourth-order valence-electron chi connectivity index (χ4n) is 2.89. The number of phenolic OH excluding ortho intramolecular Hbond substituents is 12. The van der Waals surface area contributed by atoms with Crippen molar-refractivity contribution in [2.75, 3.05) is 0 Å². The van der Waals surface area contributed by atoms with E-state index in [9.17, 15) is 20.4 Å². The van der Waals surface area contributed by atoms with Gasteiger partial charge in [0.25, 0.3) is 0 Å². The molecule has 22 heteroatoms. The van der Waals surface area contributed by atoms with Gasteiger partial charge in [-0.1, -0.05) is 48.9 Å². The first-order valence-electron chi connectivity index (χ1n) is 11.9. The standard InChI is InChI=1S/4C7H6O4S.Ba.Sr/c4*8-4-1-3(7(11)12)2-5(9)6(4)10;;/h4*1-2,8-10H,(H,11,12);;/q;;;;2*+2/p-4. The number of hydrogen-bond donors (Lipinski definition) is 12. The Labute approximate surface area is 379 Å². The van der Waals surface area contributed by atoms with Gasteiger partial charge in [-0.05, 0) is 91.0 Å². The molecule has 4 aromatic carbocycles. The zero-order valence-electron chi connectivity index (χ0n) is 24.7. The van der Waals surface area contributed by atoms with Crippen LogP contribution >= 0.6 is 48.9 Å². The van der Waals surface area contributed by atoms with Gasteiger partial charge in [0.05, 0.1) is 0 Å². The maximum atomic E-state index is 10.6. The number of thiocarbonyl (C=S) groups is 4. The molecule has 0 saturated heterocycles. The Kier molecular flexibility index (Phi) is 21.8. The number of phenols is 12. The van der Waals surface area contributed by atoms with Crippen LogP contribution in [0.25, 0.3) is 0 Å². The van der Waals surface area contributed by atoms with Gasteiger partial charge in [-0.2, -0.15) is 0 Å².